The molecule has 2 aromatic heterocycles. The summed E-state index contributed by atoms with van der Waals surface area (Å²) in [4.78, 5) is 7.83. The van der Waals surface area contributed by atoms with Crippen molar-refractivity contribution in [3.63, 3.8) is 0 Å². The van der Waals surface area contributed by atoms with E-state index in [9.17, 15) is 4.39 Å². The predicted octanol–water partition coefficient (Wildman–Crippen LogP) is 1.96. The number of aromatic nitrogens is 3. The van der Waals surface area contributed by atoms with Gasteiger partial charge in [-0.3, -0.25) is 0 Å². The summed E-state index contributed by atoms with van der Waals surface area (Å²) in [5.41, 5.74) is 0.781. The van der Waals surface area contributed by atoms with Crippen LogP contribution in [-0.4, -0.2) is 21.7 Å². The van der Waals surface area contributed by atoms with E-state index in [4.69, 9.17) is 4.52 Å². The molecule has 0 aliphatic heterocycles. The van der Waals surface area contributed by atoms with E-state index in [2.05, 4.69) is 25.8 Å². The molecule has 7 heteroatoms. The fourth-order valence-electron chi connectivity index (χ4n) is 1.40. The van der Waals surface area contributed by atoms with Crippen molar-refractivity contribution in [2.75, 3.05) is 17.2 Å². The molecule has 0 unspecified atom stereocenters. The van der Waals surface area contributed by atoms with Gasteiger partial charge in [-0.05, 0) is 13.8 Å². The van der Waals surface area contributed by atoms with Gasteiger partial charge in [0.05, 0.1) is 18.4 Å². The van der Waals surface area contributed by atoms with Crippen molar-refractivity contribution in [1.82, 2.24) is 15.1 Å². The summed E-state index contributed by atoms with van der Waals surface area (Å²) in [5.74, 6) is 0.633. The first-order chi connectivity index (χ1) is 8.69. The van der Waals surface area contributed by atoms with E-state index in [-0.39, 0.29) is 5.82 Å². The fourth-order valence-corrected chi connectivity index (χ4v) is 1.40. The zero-order chi connectivity index (χ0) is 13.0. The summed E-state index contributed by atoms with van der Waals surface area (Å²) in [7, 11) is 0. The Morgan fingerprint density at radius 3 is 2.89 bits per heavy atom. The molecule has 0 spiro atoms. The molecule has 0 atom stereocenters. The van der Waals surface area contributed by atoms with E-state index in [0.717, 1.165) is 11.9 Å². The summed E-state index contributed by atoms with van der Waals surface area (Å²) in [6, 6.07) is 1.78. The average Bonchev–Trinajstić information content (AvgIpc) is 2.76. The van der Waals surface area contributed by atoms with E-state index in [1.807, 2.05) is 13.8 Å². The highest BCUT2D eigenvalue weighted by Crippen LogP contribution is 2.13. The normalized spacial score (nSPS) is 10.4. The van der Waals surface area contributed by atoms with E-state index in [0.29, 0.717) is 24.8 Å². The van der Waals surface area contributed by atoms with Gasteiger partial charge in [0.1, 0.15) is 0 Å². The Morgan fingerprint density at radius 2 is 2.22 bits per heavy atom. The van der Waals surface area contributed by atoms with Crippen LogP contribution in [-0.2, 0) is 6.54 Å². The molecular formula is C11H14FN5O. The van der Waals surface area contributed by atoms with Gasteiger partial charge in [-0.2, -0.15) is 4.98 Å². The van der Waals surface area contributed by atoms with Gasteiger partial charge in [-0.1, -0.05) is 5.16 Å². The molecule has 0 amide bonds. The molecule has 18 heavy (non-hydrogen) atoms. The van der Waals surface area contributed by atoms with Crippen LogP contribution in [0.25, 0.3) is 0 Å². The Kier molecular flexibility index (Phi) is 3.71. The second-order valence-electron chi connectivity index (χ2n) is 3.71. The molecule has 2 heterocycles. The Labute approximate surface area is 104 Å². The number of hydrogen-bond acceptors (Lipinski definition) is 6. The molecule has 0 saturated heterocycles. The monoisotopic (exact) mass is 251 g/mol. The van der Waals surface area contributed by atoms with Crippen LogP contribution in [0.2, 0.25) is 0 Å². The topological polar surface area (TPSA) is 75.9 Å². The molecule has 0 aromatic carbocycles. The van der Waals surface area contributed by atoms with Gasteiger partial charge >= 0.3 is 0 Å². The average molecular weight is 251 g/mol. The lowest BCUT2D eigenvalue weighted by atomic mass is 10.4. The minimum atomic E-state index is -0.507. The first-order valence-electron chi connectivity index (χ1n) is 5.61. The molecule has 0 aliphatic carbocycles. The summed E-state index contributed by atoms with van der Waals surface area (Å²) >= 11 is 0. The van der Waals surface area contributed by atoms with Gasteiger partial charge in [-0.15, -0.1) is 0 Å². The minimum Gasteiger partial charge on any atom is -0.360 e. The number of hydrogen-bond donors (Lipinski definition) is 2. The molecule has 0 radical (unpaired) electrons. The van der Waals surface area contributed by atoms with E-state index >= 15 is 0 Å². The lowest BCUT2D eigenvalue weighted by molar-refractivity contribution is 0.384. The van der Waals surface area contributed by atoms with Crippen LogP contribution in [0.1, 0.15) is 18.4 Å². The predicted molar refractivity (Wildman–Crippen MR) is 64.7 cm³/mol. The van der Waals surface area contributed by atoms with Crippen LogP contribution in [0.3, 0.4) is 0 Å². The summed E-state index contributed by atoms with van der Waals surface area (Å²) in [6.45, 7) is 4.73. The first kappa shape index (κ1) is 12.3. The van der Waals surface area contributed by atoms with Crippen molar-refractivity contribution < 1.29 is 8.91 Å². The zero-order valence-corrected chi connectivity index (χ0v) is 10.2. The van der Waals surface area contributed by atoms with Gasteiger partial charge in [0.15, 0.2) is 17.4 Å². The molecular weight excluding hydrogens is 237 g/mol. The number of nitrogens with one attached hydrogen (secondary N) is 2. The number of halogens is 1. The summed E-state index contributed by atoms with van der Waals surface area (Å²) in [5, 5.41) is 9.50. The number of aryl methyl sites for hydroxylation is 1. The minimum absolute atomic E-state index is 0.134. The zero-order valence-electron chi connectivity index (χ0n) is 10.2. The molecule has 0 aliphatic rings. The Hall–Kier alpha value is -2.18. The third-order valence-electron chi connectivity index (χ3n) is 2.19. The van der Waals surface area contributed by atoms with E-state index < -0.39 is 5.82 Å². The van der Waals surface area contributed by atoms with Crippen LogP contribution < -0.4 is 10.6 Å². The summed E-state index contributed by atoms with van der Waals surface area (Å²) < 4.78 is 18.5. The fraction of sp³-hybridized carbons (Fsp3) is 0.364. The Morgan fingerprint density at radius 1 is 1.39 bits per heavy atom. The van der Waals surface area contributed by atoms with Crippen LogP contribution in [0.4, 0.5) is 16.2 Å². The van der Waals surface area contributed by atoms with E-state index in [1.54, 1.807) is 6.07 Å². The highest BCUT2D eigenvalue weighted by Gasteiger charge is 2.07. The van der Waals surface area contributed by atoms with Crippen molar-refractivity contribution in [1.29, 1.82) is 0 Å². The van der Waals surface area contributed by atoms with Gasteiger partial charge in [0, 0.05) is 12.6 Å². The van der Waals surface area contributed by atoms with Crippen molar-refractivity contribution >= 4 is 11.8 Å². The largest absolute Gasteiger partial charge is 0.360 e. The third kappa shape index (κ3) is 2.93. The number of nitrogens with zero attached hydrogens (tertiary/aromatic N) is 3. The molecule has 0 saturated carbocycles. The molecule has 2 N–H and O–H groups in total. The third-order valence-corrected chi connectivity index (χ3v) is 2.19. The van der Waals surface area contributed by atoms with Crippen LogP contribution in [0.15, 0.2) is 16.8 Å². The molecule has 2 rings (SSSR count). The maximum Gasteiger partial charge on any atom is 0.224 e. The van der Waals surface area contributed by atoms with Crippen molar-refractivity contribution in [2.24, 2.45) is 0 Å². The standard InChI is InChI=1S/C11H14FN5O/c1-3-13-11-15-6-9(12)10(16-11)14-5-8-4-7(2)17-18-8/h4,6H,3,5H2,1-2H3,(H2,13,14,15,16). The first-order valence-corrected chi connectivity index (χ1v) is 5.61. The van der Waals surface area contributed by atoms with Gasteiger partial charge in [0.2, 0.25) is 5.95 Å². The number of anilines is 2. The van der Waals surface area contributed by atoms with Crippen molar-refractivity contribution in [2.45, 2.75) is 20.4 Å². The molecule has 0 bridgehead atoms. The molecule has 0 fully saturated rings. The van der Waals surface area contributed by atoms with Gasteiger partial charge < -0.3 is 15.2 Å². The lowest BCUT2D eigenvalue weighted by Crippen LogP contribution is -2.08. The second-order valence-corrected chi connectivity index (χ2v) is 3.71. The lowest BCUT2D eigenvalue weighted by Gasteiger charge is -2.06. The highest BCUT2D eigenvalue weighted by molar-refractivity contribution is 5.41. The maximum atomic E-state index is 13.5. The van der Waals surface area contributed by atoms with Crippen molar-refractivity contribution in [3.8, 4) is 0 Å². The SMILES string of the molecule is CCNc1ncc(F)c(NCc2cc(C)no2)n1. The van der Waals surface area contributed by atoms with Crippen LogP contribution in [0.5, 0.6) is 0 Å². The smallest absolute Gasteiger partial charge is 0.224 e. The van der Waals surface area contributed by atoms with Crippen LogP contribution in [0, 0.1) is 12.7 Å². The van der Waals surface area contributed by atoms with Crippen LogP contribution >= 0.6 is 0 Å². The van der Waals surface area contributed by atoms with Gasteiger partial charge in [-0.25, -0.2) is 9.37 Å². The quantitative estimate of drug-likeness (QED) is 0.846. The van der Waals surface area contributed by atoms with E-state index in [1.165, 1.54) is 0 Å². The van der Waals surface area contributed by atoms with Crippen molar-refractivity contribution in [3.05, 3.63) is 29.5 Å². The Bertz CT molecular complexity index is 528. The number of rotatable bonds is 5. The second kappa shape index (κ2) is 5.44. The molecule has 96 valence electrons. The van der Waals surface area contributed by atoms with Gasteiger partial charge in [0.25, 0.3) is 0 Å². The molecule has 2 aromatic rings. The Balaban J connectivity index is 2.05. The maximum absolute atomic E-state index is 13.5. The molecule has 6 nitrogen and oxygen atoms in total. The highest BCUT2D eigenvalue weighted by atomic mass is 19.1. The summed E-state index contributed by atoms with van der Waals surface area (Å²) in [6.07, 6.45) is 1.12.